The van der Waals surface area contributed by atoms with Gasteiger partial charge in [-0.05, 0) is 30.1 Å². The van der Waals surface area contributed by atoms with Gasteiger partial charge in [-0.1, -0.05) is 18.5 Å². The molecule has 0 fully saturated rings. The fourth-order valence-corrected chi connectivity index (χ4v) is 2.27. The Bertz CT molecular complexity index is 398. The number of nitrogens with zero attached hydrogens (tertiary/aromatic N) is 1. The molecular formula is C11H14ClF3N2S. The van der Waals surface area contributed by atoms with Gasteiger partial charge < -0.3 is 5.32 Å². The van der Waals surface area contributed by atoms with Crippen molar-refractivity contribution >= 4 is 29.2 Å². The van der Waals surface area contributed by atoms with Crippen LogP contribution in [0.3, 0.4) is 0 Å². The lowest BCUT2D eigenvalue weighted by Gasteiger charge is -2.13. The molecule has 18 heavy (non-hydrogen) atoms. The zero-order valence-electron chi connectivity index (χ0n) is 10.0. The minimum absolute atomic E-state index is 0.155. The first kappa shape index (κ1) is 15.4. The number of halogens is 4. The zero-order valence-corrected chi connectivity index (χ0v) is 11.6. The molecule has 0 bridgehead atoms. The minimum Gasteiger partial charge on any atom is -0.370 e. The molecular weight excluding hydrogens is 285 g/mol. The summed E-state index contributed by atoms with van der Waals surface area (Å²) in [6.45, 7) is 2.57. The maximum absolute atomic E-state index is 12.5. The van der Waals surface area contributed by atoms with Crippen molar-refractivity contribution in [3.8, 4) is 0 Å². The summed E-state index contributed by atoms with van der Waals surface area (Å²) in [6.07, 6.45) is -2.43. The van der Waals surface area contributed by atoms with Crippen LogP contribution in [0, 0.1) is 5.92 Å². The minimum atomic E-state index is -4.41. The number of hydrogen-bond acceptors (Lipinski definition) is 3. The molecule has 0 radical (unpaired) electrons. The highest BCUT2D eigenvalue weighted by atomic mass is 35.5. The van der Waals surface area contributed by atoms with E-state index in [1.54, 1.807) is 11.8 Å². The lowest BCUT2D eigenvalue weighted by atomic mass is 10.2. The lowest BCUT2D eigenvalue weighted by molar-refractivity contribution is -0.137. The van der Waals surface area contributed by atoms with Crippen LogP contribution in [0.2, 0.25) is 5.15 Å². The Hall–Kier alpha value is -0.620. The number of thioether (sulfide) groups is 1. The molecule has 1 aromatic heterocycles. The molecule has 0 amide bonds. The number of alkyl halides is 3. The second-order valence-corrected chi connectivity index (χ2v) is 5.30. The van der Waals surface area contributed by atoms with Gasteiger partial charge in [-0.25, -0.2) is 4.98 Å². The molecule has 0 saturated carbocycles. The van der Waals surface area contributed by atoms with Gasteiger partial charge in [0.15, 0.2) is 0 Å². The van der Waals surface area contributed by atoms with E-state index in [1.807, 2.05) is 13.2 Å². The molecule has 0 aliphatic rings. The Kier molecular flexibility index (Phi) is 5.59. The predicted octanol–water partition coefficient (Wildman–Crippen LogP) is 4.16. The number of pyridine rings is 1. The number of rotatable bonds is 5. The summed E-state index contributed by atoms with van der Waals surface area (Å²) in [5.41, 5.74) is -0.789. The first-order valence-electron chi connectivity index (χ1n) is 5.30. The summed E-state index contributed by atoms with van der Waals surface area (Å²) in [5, 5.41) is 2.71. The van der Waals surface area contributed by atoms with Crippen LogP contribution in [0.25, 0.3) is 0 Å². The molecule has 0 spiro atoms. The van der Waals surface area contributed by atoms with E-state index >= 15 is 0 Å². The van der Waals surface area contributed by atoms with E-state index in [0.29, 0.717) is 12.5 Å². The van der Waals surface area contributed by atoms with E-state index in [1.165, 1.54) is 0 Å². The van der Waals surface area contributed by atoms with E-state index in [2.05, 4.69) is 10.3 Å². The Morgan fingerprint density at radius 2 is 2.11 bits per heavy atom. The summed E-state index contributed by atoms with van der Waals surface area (Å²) in [5.74, 6) is 1.43. The highest BCUT2D eigenvalue weighted by Gasteiger charge is 2.31. The molecule has 0 aliphatic heterocycles. The normalized spacial score (nSPS) is 13.4. The van der Waals surface area contributed by atoms with Crippen LogP contribution in [0.15, 0.2) is 12.1 Å². The van der Waals surface area contributed by atoms with Crippen molar-refractivity contribution in [1.82, 2.24) is 4.98 Å². The van der Waals surface area contributed by atoms with Gasteiger partial charge in [-0.3, -0.25) is 0 Å². The Morgan fingerprint density at radius 1 is 1.44 bits per heavy atom. The molecule has 1 aromatic rings. The largest absolute Gasteiger partial charge is 0.416 e. The lowest BCUT2D eigenvalue weighted by Crippen LogP contribution is -2.15. The number of hydrogen-bond donors (Lipinski definition) is 1. The van der Waals surface area contributed by atoms with Crippen molar-refractivity contribution in [3.05, 3.63) is 22.8 Å². The van der Waals surface area contributed by atoms with Crippen molar-refractivity contribution in [2.45, 2.75) is 13.1 Å². The van der Waals surface area contributed by atoms with E-state index in [9.17, 15) is 13.2 Å². The Labute approximate surface area is 113 Å². The first-order chi connectivity index (χ1) is 8.32. The van der Waals surface area contributed by atoms with Crippen LogP contribution >= 0.6 is 23.4 Å². The molecule has 1 heterocycles. The van der Waals surface area contributed by atoms with Crippen molar-refractivity contribution in [2.24, 2.45) is 5.92 Å². The number of anilines is 1. The monoisotopic (exact) mass is 298 g/mol. The third kappa shape index (κ3) is 4.94. The van der Waals surface area contributed by atoms with E-state index in [4.69, 9.17) is 11.6 Å². The van der Waals surface area contributed by atoms with Crippen molar-refractivity contribution < 1.29 is 13.2 Å². The molecule has 1 rings (SSSR count). The van der Waals surface area contributed by atoms with E-state index < -0.39 is 11.7 Å². The average molecular weight is 299 g/mol. The predicted molar refractivity (Wildman–Crippen MR) is 70.3 cm³/mol. The average Bonchev–Trinajstić information content (AvgIpc) is 2.25. The SMILES string of the molecule is CSCC(C)CNc1cc(C(F)(F)F)cc(Cl)n1. The smallest absolute Gasteiger partial charge is 0.370 e. The van der Waals surface area contributed by atoms with Gasteiger partial charge in [-0.15, -0.1) is 0 Å². The van der Waals surface area contributed by atoms with Gasteiger partial charge in [0, 0.05) is 6.54 Å². The first-order valence-corrected chi connectivity index (χ1v) is 7.07. The zero-order chi connectivity index (χ0) is 13.8. The summed E-state index contributed by atoms with van der Waals surface area (Å²) in [4.78, 5) is 3.83. The summed E-state index contributed by atoms with van der Waals surface area (Å²) >= 11 is 7.27. The van der Waals surface area contributed by atoms with Gasteiger partial charge >= 0.3 is 6.18 Å². The molecule has 102 valence electrons. The van der Waals surface area contributed by atoms with Crippen LogP contribution in [-0.4, -0.2) is 23.5 Å². The summed E-state index contributed by atoms with van der Waals surface area (Å²) < 4.78 is 37.6. The number of nitrogens with one attached hydrogen (secondary N) is 1. The molecule has 1 atom stereocenters. The van der Waals surface area contributed by atoms with Crippen molar-refractivity contribution in [1.29, 1.82) is 0 Å². The van der Waals surface area contributed by atoms with Crippen LogP contribution in [0.4, 0.5) is 19.0 Å². The van der Waals surface area contributed by atoms with E-state index in [0.717, 1.165) is 17.9 Å². The fraction of sp³-hybridized carbons (Fsp3) is 0.545. The molecule has 0 aromatic carbocycles. The van der Waals surface area contributed by atoms with Crippen molar-refractivity contribution in [3.63, 3.8) is 0 Å². The fourth-order valence-electron chi connectivity index (χ4n) is 1.37. The van der Waals surface area contributed by atoms with Crippen LogP contribution in [0.5, 0.6) is 0 Å². The van der Waals surface area contributed by atoms with Gasteiger partial charge in [0.25, 0.3) is 0 Å². The van der Waals surface area contributed by atoms with Crippen molar-refractivity contribution in [2.75, 3.05) is 23.9 Å². The Balaban J connectivity index is 2.75. The van der Waals surface area contributed by atoms with Crippen LogP contribution in [-0.2, 0) is 6.18 Å². The molecule has 0 aliphatic carbocycles. The highest BCUT2D eigenvalue weighted by Crippen LogP contribution is 2.31. The van der Waals surface area contributed by atoms with Gasteiger partial charge in [0.05, 0.1) is 5.56 Å². The second-order valence-electron chi connectivity index (χ2n) is 4.00. The van der Waals surface area contributed by atoms with Gasteiger partial charge in [0.2, 0.25) is 0 Å². The van der Waals surface area contributed by atoms with Crippen LogP contribution in [0.1, 0.15) is 12.5 Å². The summed E-state index contributed by atoms with van der Waals surface area (Å²) in [6, 6.07) is 1.79. The molecule has 2 nitrogen and oxygen atoms in total. The highest BCUT2D eigenvalue weighted by molar-refractivity contribution is 7.98. The quantitative estimate of drug-likeness (QED) is 0.826. The molecule has 7 heteroatoms. The second kappa shape index (κ2) is 6.52. The van der Waals surface area contributed by atoms with E-state index in [-0.39, 0.29) is 11.0 Å². The molecule has 1 N–H and O–H groups in total. The third-order valence-electron chi connectivity index (χ3n) is 2.20. The number of aromatic nitrogens is 1. The Morgan fingerprint density at radius 3 is 2.67 bits per heavy atom. The topological polar surface area (TPSA) is 24.9 Å². The van der Waals surface area contributed by atoms with Crippen LogP contribution < -0.4 is 5.32 Å². The van der Waals surface area contributed by atoms with Gasteiger partial charge in [-0.2, -0.15) is 24.9 Å². The standard InChI is InChI=1S/C11H14ClF3N2S/c1-7(6-18-2)5-16-10-4-8(11(13,14)15)3-9(12)17-10/h3-4,7H,5-6H2,1-2H3,(H,16,17). The summed E-state index contributed by atoms with van der Waals surface area (Å²) in [7, 11) is 0. The maximum Gasteiger partial charge on any atom is 0.416 e. The maximum atomic E-state index is 12.5. The third-order valence-corrected chi connectivity index (χ3v) is 3.30. The molecule has 0 saturated heterocycles. The van der Waals surface area contributed by atoms with Gasteiger partial charge in [0.1, 0.15) is 11.0 Å². The molecule has 1 unspecified atom stereocenters.